The van der Waals surface area contributed by atoms with Gasteiger partial charge in [-0.2, -0.15) is 0 Å². The van der Waals surface area contributed by atoms with Crippen LogP contribution in [0.2, 0.25) is 0 Å². The van der Waals surface area contributed by atoms with E-state index in [0.29, 0.717) is 12.2 Å². The topological polar surface area (TPSA) is 48.9 Å². The Bertz CT molecular complexity index is 463. The van der Waals surface area contributed by atoms with Gasteiger partial charge in [0.15, 0.2) is 0 Å². The number of imidazole rings is 1. The Kier molecular flexibility index (Phi) is 3.06. The van der Waals surface area contributed by atoms with Gasteiger partial charge in [0.25, 0.3) is 0 Å². The van der Waals surface area contributed by atoms with Crippen molar-refractivity contribution in [3.63, 3.8) is 0 Å². The molecule has 0 fully saturated rings. The molecule has 0 aliphatic rings. The van der Waals surface area contributed by atoms with Crippen molar-refractivity contribution < 1.29 is 5.11 Å². The van der Waals surface area contributed by atoms with E-state index >= 15 is 0 Å². The van der Waals surface area contributed by atoms with E-state index in [1.54, 1.807) is 12.4 Å². The van der Waals surface area contributed by atoms with E-state index in [9.17, 15) is 5.11 Å². The lowest BCUT2D eigenvalue weighted by atomic mass is 10.00. The second kappa shape index (κ2) is 4.49. The van der Waals surface area contributed by atoms with Gasteiger partial charge < -0.3 is 10.1 Å². The van der Waals surface area contributed by atoms with Crippen LogP contribution in [0, 0.1) is 13.8 Å². The molecule has 1 aromatic carbocycles. The maximum absolute atomic E-state index is 9.98. The van der Waals surface area contributed by atoms with E-state index in [4.69, 9.17) is 0 Å². The van der Waals surface area contributed by atoms with Crippen LogP contribution in [0.1, 0.15) is 28.6 Å². The molecule has 0 aliphatic heterocycles. The van der Waals surface area contributed by atoms with Crippen LogP contribution < -0.4 is 0 Å². The summed E-state index contributed by atoms with van der Waals surface area (Å²) >= 11 is 0. The van der Waals surface area contributed by atoms with Crippen LogP contribution >= 0.6 is 0 Å². The van der Waals surface area contributed by atoms with Crippen molar-refractivity contribution in [3.05, 3.63) is 53.1 Å². The van der Waals surface area contributed by atoms with E-state index < -0.39 is 6.10 Å². The van der Waals surface area contributed by atoms with Gasteiger partial charge in [-0.3, -0.25) is 0 Å². The predicted octanol–water partition coefficient (Wildman–Crippen LogP) is 2.30. The third kappa shape index (κ3) is 2.31. The molecule has 1 heterocycles. The Hall–Kier alpha value is -1.61. The zero-order chi connectivity index (χ0) is 11.5. The molecular formula is C13H16N2O. The van der Waals surface area contributed by atoms with Gasteiger partial charge in [0, 0.05) is 18.8 Å². The van der Waals surface area contributed by atoms with Crippen molar-refractivity contribution in [2.24, 2.45) is 0 Å². The Morgan fingerprint density at radius 3 is 2.88 bits per heavy atom. The van der Waals surface area contributed by atoms with Gasteiger partial charge in [0.05, 0.1) is 0 Å². The minimum atomic E-state index is -0.560. The largest absolute Gasteiger partial charge is 0.385 e. The SMILES string of the molecule is Cc1ccc(C)c(CC(O)c2ncc[nH]2)c1. The fraction of sp³-hybridized carbons (Fsp3) is 0.308. The summed E-state index contributed by atoms with van der Waals surface area (Å²) < 4.78 is 0. The number of aryl methyl sites for hydroxylation is 2. The van der Waals surface area contributed by atoms with Gasteiger partial charge >= 0.3 is 0 Å². The van der Waals surface area contributed by atoms with E-state index in [1.807, 2.05) is 0 Å². The molecule has 0 bridgehead atoms. The number of benzene rings is 1. The lowest BCUT2D eigenvalue weighted by molar-refractivity contribution is 0.169. The molecule has 2 rings (SSSR count). The number of aromatic amines is 1. The first-order valence-corrected chi connectivity index (χ1v) is 5.40. The number of aromatic nitrogens is 2. The molecule has 3 nitrogen and oxygen atoms in total. The first-order valence-electron chi connectivity index (χ1n) is 5.40. The van der Waals surface area contributed by atoms with Crippen molar-refractivity contribution in [2.75, 3.05) is 0 Å². The van der Waals surface area contributed by atoms with Crippen LogP contribution in [0.15, 0.2) is 30.6 Å². The second-order valence-electron chi connectivity index (χ2n) is 4.12. The summed E-state index contributed by atoms with van der Waals surface area (Å²) in [5.74, 6) is 0.626. The highest BCUT2D eigenvalue weighted by Crippen LogP contribution is 2.18. The quantitative estimate of drug-likeness (QED) is 0.827. The Morgan fingerprint density at radius 2 is 2.19 bits per heavy atom. The molecule has 0 saturated carbocycles. The summed E-state index contributed by atoms with van der Waals surface area (Å²) in [6.45, 7) is 4.12. The van der Waals surface area contributed by atoms with Crippen molar-refractivity contribution in [2.45, 2.75) is 26.4 Å². The summed E-state index contributed by atoms with van der Waals surface area (Å²) in [7, 11) is 0. The number of hydrogen-bond acceptors (Lipinski definition) is 2. The third-order valence-corrected chi connectivity index (χ3v) is 2.75. The zero-order valence-corrected chi connectivity index (χ0v) is 9.57. The molecule has 1 unspecified atom stereocenters. The molecule has 3 heteroatoms. The average molecular weight is 216 g/mol. The number of aliphatic hydroxyl groups excluding tert-OH is 1. The van der Waals surface area contributed by atoms with Gasteiger partial charge in [-0.15, -0.1) is 0 Å². The number of H-pyrrole nitrogens is 1. The Labute approximate surface area is 95.2 Å². The molecule has 0 amide bonds. The highest BCUT2D eigenvalue weighted by molar-refractivity contribution is 5.31. The Balaban J connectivity index is 2.17. The fourth-order valence-electron chi connectivity index (χ4n) is 1.78. The molecule has 2 N–H and O–H groups in total. The van der Waals surface area contributed by atoms with Crippen molar-refractivity contribution in [3.8, 4) is 0 Å². The lowest BCUT2D eigenvalue weighted by Crippen LogP contribution is -2.05. The van der Waals surface area contributed by atoms with E-state index in [2.05, 4.69) is 42.0 Å². The molecule has 2 aromatic rings. The highest BCUT2D eigenvalue weighted by Gasteiger charge is 2.12. The summed E-state index contributed by atoms with van der Waals surface area (Å²) in [6.07, 6.45) is 3.42. The first-order chi connectivity index (χ1) is 7.66. The van der Waals surface area contributed by atoms with Crippen LogP contribution in [0.5, 0.6) is 0 Å². The number of nitrogens with one attached hydrogen (secondary N) is 1. The van der Waals surface area contributed by atoms with Crippen LogP contribution in [-0.4, -0.2) is 15.1 Å². The number of hydrogen-bond donors (Lipinski definition) is 2. The summed E-state index contributed by atoms with van der Waals surface area (Å²) in [4.78, 5) is 6.99. The van der Waals surface area contributed by atoms with Gasteiger partial charge in [-0.05, 0) is 25.0 Å². The molecule has 0 saturated heterocycles. The van der Waals surface area contributed by atoms with Gasteiger partial charge in [-0.1, -0.05) is 23.8 Å². The second-order valence-corrected chi connectivity index (χ2v) is 4.12. The molecule has 0 aliphatic carbocycles. The number of aliphatic hydroxyl groups is 1. The summed E-state index contributed by atoms with van der Waals surface area (Å²) in [6, 6.07) is 6.28. The molecule has 84 valence electrons. The number of nitrogens with zero attached hydrogens (tertiary/aromatic N) is 1. The molecule has 1 aromatic heterocycles. The fourth-order valence-corrected chi connectivity index (χ4v) is 1.78. The summed E-state index contributed by atoms with van der Waals surface area (Å²) in [5.41, 5.74) is 3.59. The van der Waals surface area contributed by atoms with Crippen LogP contribution in [0.25, 0.3) is 0 Å². The molecule has 0 radical (unpaired) electrons. The third-order valence-electron chi connectivity index (χ3n) is 2.75. The Morgan fingerprint density at radius 1 is 1.38 bits per heavy atom. The standard InChI is InChI=1S/C13H16N2O/c1-9-3-4-10(2)11(7-9)8-12(16)13-14-5-6-15-13/h3-7,12,16H,8H2,1-2H3,(H,14,15). The average Bonchev–Trinajstić information content (AvgIpc) is 2.76. The van der Waals surface area contributed by atoms with Gasteiger partial charge in [0.1, 0.15) is 11.9 Å². The maximum Gasteiger partial charge on any atom is 0.135 e. The van der Waals surface area contributed by atoms with Crippen molar-refractivity contribution in [1.29, 1.82) is 0 Å². The van der Waals surface area contributed by atoms with Crippen LogP contribution in [-0.2, 0) is 6.42 Å². The predicted molar refractivity (Wildman–Crippen MR) is 63.2 cm³/mol. The molecule has 1 atom stereocenters. The zero-order valence-electron chi connectivity index (χ0n) is 9.57. The minimum absolute atomic E-state index is 0.560. The van der Waals surface area contributed by atoms with Crippen LogP contribution in [0.4, 0.5) is 0 Å². The smallest absolute Gasteiger partial charge is 0.135 e. The lowest BCUT2D eigenvalue weighted by Gasteiger charge is -2.11. The van der Waals surface area contributed by atoms with Gasteiger partial charge in [-0.25, -0.2) is 4.98 Å². The molecule has 0 spiro atoms. The summed E-state index contributed by atoms with van der Waals surface area (Å²) in [5, 5.41) is 9.98. The monoisotopic (exact) mass is 216 g/mol. The highest BCUT2D eigenvalue weighted by atomic mass is 16.3. The first kappa shape index (κ1) is 10.9. The number of rotatable bonds is 3. The van der Waals surface area contributed by atoms with Gasteiger partial charge in [0.2, 0.25) is 0 Å². The maximum atomic E-state index is 9.98. The van der Waals surface area contributed by atoms with Crippen molar-refractivity contribution >= 4 is 0 Å². The van der Waals surface area contributed by atoms with E-state index in [-0.39, 0.29) is 0 Å². The minimum Gasteiger partial charge on any atom is -0.385 e. The normalized spacial score (nSPS) is 12.7. The van der Waals surface area contributed by atoms with Crippen molar-refractivity contribution in [1.82, 2.24) is 9.97 Å². The van der Waals surface area contributed by atoms with E-state index in [1.165, 1.54) is 16.7 Å². The molecular weight excluding hydrogens is 200 g/mol. The van der Waals surface area contributed by atoms with Crippen LogP contribution in [0.3, 0.4) is 0 Å². The molecule has 16 heavy (non-hydrogen) atoms. The van der Waals surface area contributed by atoms with E-state index in [0.717, 1.165) is 0 Å².